The predicted octanol–water partition coefficient (Wildman–Crippen LogP) is 2.17. The third-order valence-corrected chi connectivity index (χ3v) is 3.30. The summed E-state index contributed by atoms with van der Waals surface area (Å²) in [6.45, 7) is 1.34. The van der Waals surface area contributed by atoms with Crippen LogP contribution in [0.3, 0.4) is 0 Å². The number of nitro groups is 1. The van der Waals surface area contributed by atoms with Crippen molar-refractivity contribution in [1.29, 1.82) is 0 Å². The Balaban J connectivity index is 1.63. The highest BCUT2D eigenvalue weighted by atomic mass is 16.6. The van der Waals surface area contributed by atoms with Gasteiger partial charge in [-0.25, -0.2) is 0 Å². The highest BCUT2D eigenvalue weighted by Gasteiger charge is 2.07. The van der Waals surface area contributed by atoms with Crippen LogP contribution in [0.25, 0.3) is 0 Å². The van der Waals surface area contributed by atoms with Crippen molar-refractivity contribution < 1.29 is 14.8 Å². The van der Waals surface area contributed by atoms with Crippen LogP contribution >= 0.6 is 0 Å². The molecule has 0 saturated carbocycles. The Bertz CT molecular complexity index is 602. The van der Waals surface area contributed by atoms with E-state index in [1.807, 2.05) is 18.2 Å². The summed E-state index contributed by atoms with van der Waals surface area (Å²) in [5.74, 6) is 0.499. The fourth-order valence-electron chi connectivity index (χ4n) is 2.06. The molecule has 6 nitrogen and oxygen atoms in total. The molecule has 0 saturated heterocycles. The maximum absolute atomic E-state index is 10.5. The van der Waals surface area contributed by atoms with Crippen LogP contribution in [0.5, 0.6) is 5.75 Å². The number of benzene rings is 2. The lowest BCUT2D eigenvalue weighted by atomic mass is 10.1. The largest absolute Gasteiger partial charge is 0.491 e. The van der Waals surface area contributed by atoms with Crippen molar-refractivity contribution in [2.75, 3.05) is 19.7 Å². The first kappa shape index (κ1) is 16.9. The number of nitrogens with zero attached hydrogens (tertiary/aromatic N) is 1. The van der Waals surface area contributed by atoms with Gasteiger partial charge in [-0.05, 0) is 30.7 Å². The van der Waals surface area contributed by atoms with Gasteiger partial charge < -0.3 is 15.2 Å². The van der Waals surface area contributed by atoms with Gasteiger partial charge in [0.1, 0.15) is 18.5 Å². The van der Waals surface area contributed by atoms with Crippen molar-refractivity contribution in [3.63, 3.8) is 0 Å². The van der Waals surface area contributed by atoms with Crippen molar-refractivity contribution in [2.24, 2.45) is 0 Å². The Morgan fingerprint density at radius 3 is 2.48 bits per heavy atom. The molecule has 23 heavy (non-hydrogen) atoms. The van der Waals surface area contributed by atoms with Gasteiger partial charge in [-0.1, -0.05) is 30.3 Å². The van der Waals surface area contributed by atoms with Crippen molar-refractivity contribution in [2.45, 2.75) is 12.5 Å². The molecule has 0 aliphatic carbocycles. The molecule has 0 heterocycles. The molecule has 0 radical (unpaired) electrons. The first-order valence-electron chi connectivity index (χ1n) is 7.45. The number of ether oxygens (including phenoxy) is 1. The Morgan fingerprint density at radius 1 is 1.13 bits per heavy atom. The van der Waals surface area contributed by atoms with Crippen molar-refractivity contribution in [1.82, 2.24) is 5.32 Å². The second-order valence-electron chi connectivity index (χ2n) is 5.16. The van der Waals surface area contributed by atoms with E-state index in [1.165, 1.54) is 29.8 Å². The lowest BCUT2D eigenvalue weighted by Crippen LogP contribution is -2.32. The van der Waals surface area contributed by atoms with E-state index in [-0.39, 0.29) is 12.3 Å². The number of nitrogens with one attached hydrogen (secondary N) is 1. The Morgan fingerprint density at radius 2 is 1.83 bits per heavy atom. The Labute approximate surface area is 134 Å². The van der Waals surface area contributed by atoms with Crippen LogP contribution in [0, 0.1) is 10.1 Å². The van der Waals surface area contributed by atoms with Gasteiger partial charge in [0, 0.05) is 18.7 Å². The Kier molecular flexibility index (Phi) is 6.53. The summed E-state index contributed by atoms with van der Waals surface area (Å²) in [6.07, 6.45) is 0.262. The minimum Gasteiger partial charge on any atom is -0.491 e. The average Bonchev–Trinajstić information content (AvgIpc) is 2.58. The normalized spacial score (nSPS) is 11.9. The summed E-state index contributed by atoms with van der Waals surface area (Å²) in [4.78, 5) is 10.1. The fourth-order valence-corrected chi connectivity index (χ4v) is 2.06. The summed E-state index contributed by atoms with van der Waals surface area (Å²) >= 11 is 0. The first-order valence-corrected chi connectivity index (χ1v) is 7.45. The van der Waals surface area contributed by atoms with Crippen LogP contribution in [-0.2, 0) is 6.42 Å². The summed E-state index contributed by atoms with van der Waals surface area (Å²) in [5.41, 5.74) is 1.26. The first-order chi connectivity index (χ1) is 11.1. The third kappa shape index (κ3) is 6.06. The van der Waals surface area contributed by atoms with Crippen LogP contribution in [0.4, 0.5) is 5.69 Å². The van der Waals surface area contributed by atoms with Crippen molar-refractivity contribution in [3.8, 4) is 5.75 Å². The number of hydrogen-bond donors (Lipinski definition) is 2. The van der Waals surface area contributed by atoms with Crippen LogP contribution in [0.15, 0.2) is 54.6 Å². The van der Waals surface area contributed by atoms with Gasteiger partial charge in [-0.15, -0.1) is 0 Å². The monoisotopic (exact) mass is 316 g/mol. The summed E-state index contributed by atoms with van der Waals surface area (Å²) in [5, 5.41) is 23.6. The van der Waals surface area contributed by atoms with E-state index >= 15 is 0 Å². The van der Waals surface area contributed by atoms with E-state index < -0.39 is 11.0 Å². The average molecular weight is 316 g/mol. The van der Waals surface area contributed by atoms with Crippen LogP contribution < -0.4 is 10.1 Å². The number of rotatable bonds is 9. The van der Waals surface area contributed by atoms with Gasteiger partial charge in [0.15, 0.2) is 0 Å². The molecule has 0 bridgehead atoms. The molecule has 0 aliphatic rings. The number of nitro benzene ring substituents is 1. The fraction of sp³-hybridized carbons (Fsp3) is 0.294. The molecule has 0 unspecified atom stereocenters. The molecule has 6 heteroatoms. The van der Waals surface area contributed by atoms with E-state index in [9.17, 15) is 15.2 Å². The Hall–Kier alpha value is -2.44. The van der Waals surface area contributed by atoms with Crippen LogP contribution in [0.1, 0.15) is 5.56 Å². The lowest BCUT2D eigenvalue weighted by molar-refractivity contribution is -0.384. The highest BCUT2D eigenvalue weighted by Crippen LogP contribution is 2.17. The van der Waals surface area contributed by atoms with Gasteiger partial charge in [0.05, 0.1) is 4.92 Å². The van der Waals surface area contributed by atoms with Crippen LogP contribution in [-0.4, -0.2) is 35.8 Å². The van der Waals surface area contributed by atoms with Gasteiger partial charge in [-0.3, -0.25) is 10.1 Å². The molecule has 0 aromatic heterocycles. The second kappa shape index (κ2) is 8.87. The van der Waals surface area contributed by atoms with E-state index in [0.29, 0.717) is 12.3 Å². The van der Waals surface area contributed by atoms with E-state index in [4.69, 9.17) is 4.74 Å². The number of hydrogen-bond acceptors (Lipinski definition) is 5. The van der Waals surface area contributed by atoms with Gasteiger partial charge in [0.2, 0.25) is 0 Å². The molecule has 122 valence electrons. The lowest BCUT2D eigenvalue weighted by Gasteiger charge is -2.13. The SMILES string of the molecule is O=[N+]([O-])c1ccc(OC[C@H](O)CNCCc2ccccc2)cc1. The van der Waals surface area contributed by atoms with E-state index in [1.54, 1.807) is 0 Å². The topological polar surface area (TPSA) is 84.6 Å². The summed E-state index contributed by atoms with van der Waals surface area (Å²) in [7, 11) is 0. The molecule has 0 aliphatic heterocycles. The molecule has 0 amide bonds. The zero-order valence-electron chi connectivity index (χ0n) is 12.7. The minimum atomic E-state index is -0.638. The number of aliphatic hydroxyl groups excluding tert-OH is 1. The van der Waals surface area contributed by atoms with Gasteiger partial charge >= 0.3 is 0 Å². The smallest absolute Gasteiger partial charge is 0.269 e. The van der Waals surface area contributed by atoms with Gasteiger partial charge in [-0.2, -0.15) is 0 Å². The van der Waals surface area contributed by atoms with Crippen molar-refractivity contribution >= 4 is 5.69 Å². The molecule has 2 N–H and O–H groups in total. The number of non-ortho nitro benzene ring substituents is 1. The van der Waals surface area contributed by atoms with E-state index in [2.05, 4.69) is 17.4 Å². The van der Waals surface area contributed by atoms with Crippen LogP contribution in [0.2, 0.25) is 0 Å². The molecule has 0 spiro atoms. The maximum Gasteiger partial charge on any atom is 0.269 e. The van der Waals surface area contributed by atoms with Gasteiger partial charge in [0.25, 0.3) is 5.69 Å². The molecule has 2 aromatic rings. The molecular weight excluding hydrogens is 296 g/mol. The molecule has 2 rings (SSSR count). The second-order valence-corrected chi connectivity index (χ2v) is 5.16. The summed E-state index contributed by atoms with van der Waals surface area (Å²) < 4.78 is 5.41. The zero-order valence-corrected chi connectivity index (χ0v) is 12.7. The molecule has 0 fully saturated rings. The molecule has 2 aromatic carbocycles. The molecule has 1 atom stereocenters. The number of aliphatic hydroxyl groups is 1. The third-order valence-electron chi connectivity index (χ3n) is 3.30. The zero-order chi connectivity index (χ0) is 16.5. The van der Waals surface area contributed by atoms with Crippen molar-refractivity contribution in [3.05, 3.63) is 70.3 Å². The minimum absolute atomic E-state index is 0.0143. The molecular formula is C17H20N2O4. The highest BCUT2D eigenvalue weighted by molar-refractivity contribution is 5.35. The standard InChI is InChI=1S/C17H20N2O4/c20-16(12-18-11-10-14-4-2-1-3-5-14)13-23-17-8-6-15(7-9-17)19(21)22/h1-9,16,18,20H,10-13H2/t16-/m1/s1. The quantitative estimate of drug-likeness (QED) is 0.421. The van der Waals surface area contributed by atoms with E-state index in [0.717, 1.165) is 13.0 Å². The summed E-state index contributed by atoms with van der Waals surface area (Å²) in [6, 6.07) is 15.9. The predicted molar refractivity (Wildman–Crippen MR) is 87.6 cm³/mol. The maximum atomic E-state index is 10.5.